The van der Waals surface area contributed by atoms with E-state index < -0.39 is 6.10 Å². The van der Waals surface area contributed by atoms with Crippen LogP contribution in [0.25, 0.3) is 0 Å². The third-order valence-electron chi connectivity index (χ3n) is 4.22. The Bertz CT molecular complexity index is 677. The zero-order valence-corrected chi connectivity index (χ0v) is 13.8. The van der Waals surface area contributed by atoms with Crippen molar-refractivity contribution in [2.75, 3.05) is 5.32 Å². The molecular formula is C19H23NO4. The molecule has 0 saturated heterocycles. The maximum Gasteiger partial charge on any atom is 0.231 e. The summed E-state index contributed by atoms with van der Waals surface area (Å²) in [6.07, 6.45) is 3.49. The van der Waals surface area contributed by atoms with Crippen LogP contribution in [-0.4, -0.2) is 23.2 Å². The fraction of sp³-hybridized carbons (Fsp3) is 0.421. The van der Waals surface area contributed by atoms with E-state index in [1.54, 1.807) is 18.2 Å². The molecule has 1 fully saturated rings. The molecule has 1 saturated carbocycles. The smallest absolute Gasteiger partial charge is 0.231 e. The van der Waals surface area contributed by atoms with E-state index in [9.17, 15) is 9.90 Å². The predicted octanol–water partition coefficient (Wildman–Crippen LogP) is 3.45. The van der Waals surface area contributed by atoms with Crippen LogP contribution in [0, 0.1) is 6.92 Å². The van der Waals surface area contributed by atoms with E-state index >= 15 is 0 Å². The summed E-state index contributed by atoms with van der Waals surface area (Å²) < 4.78 is 11.2. The molecule has 1 amide bonds. The van der Waals surface area contributed by atoms with Crippen LogP contribution in [0.2, 0.25) is 0 Å². The molecule has 1 heterocycles. The molecule has 1 aromatic carbocycles. The van der Waals surface area contributed by atoms with Crippen LogP contribution >= 0.6 is 0 Å². The lowest BCUT2D eigenvalue weighted by Gasteiger charge is -2.28. The Balaban J connectivity index is 1.53. The van der Waals surface area contributed by atoms with Crippen molar-refractivity contribution in [3.63, 3.8) is 0 Å². The summed E-state index contributed by atoms with van der Waals surface area (Å²) in [7, 11) is 0. The third kappa shape index (κ3) is 4.38. The van der Waals surface area contributed by atoms with Gasteiger partial charge in [-0.15, -0.1) is 0 Å². The highest BCUT2D eigenvalue weighted by molar-refractivity contribution is 5.91. The summed E-state index contributed by atoms with van der Waals surface area (Å²) in [6.45, 7) is 1.85. The molecule has 0 radical (unpaired) electrons. The molecule has 0 spiro atoms. The molecule has 128 valence electrons. The summed E-state index contributed by atoms with van der Waals surface area (Å²) in [5, 5.41) is 12.8. The molecule has 1 aliphatic carbocycles. The number of ether oxygens (including phenoxy) is 1. The highest BCUT2D eigenvalue weighted by atomic mass is 16.5. The van der Waals surface area contributed by atoms with Gasteiger partial charge >= 0.3 is 0 Å². The minimum absolute atomic E-state index is 0.124. The zero-order chi connectivity index (χ0) is 16.9. The molecule has 0 bridgehead atoms. The van der Waals surface area contributed by atoms with Crippen LogP contribution < -0.4 is 10.1 Å². The molecule has 0 unspecified atom stereocenters. The van der Waals surface area contributed by atoms with Gasteiger partial charge in [-0.3, -0.25) is 4.79 Å². The Morgan fingerprint density at radius 2 is 1.96 bits per heavy atom. The first-order valence-electron chi connectivity index (χ1n) is 8.40. The Hall–Kier alpha value is -2.27. The van der Waals surface area contributed by atoms with Crippen molar-refractivity contribution in [2.45, 2.75) is 51.2 Å². The van der Waals surface area contributed by atoms with Crippen molar-refractivity contribution < 1.29 is 19.1 Å². The van der Waals surface area contributed by atoms with Gasteiger partial charge in [0.15, 0.2) is 0 Å². The van der Waals surface area contributed by atoms with Crippen molar-refractivity contribution >= 4 is 11.6 Å². The number of nitrogens with one attached hydrogen (secondary N) is 1. The number of hydrogen-bond acceptors (Lipinski definition) is 4. The number of hydrogen-bond donors (Lipinski definition) is 2. The number of benzene rings is 1. The Labute approximate surface area is 141 Å². The third-order valence-corrected chi connectivity index (χ3v) is 4.22. The second-order valence-electron chi connectivity index (χ2n) is 6.27. The van der Waals surface area contributed by atoms with Crippen LogP contribution in [0.3, 0.4) is 0 Å². The van der Waals surface area contributed by atoms with E-state index in [2.05, 4.69) is 5.32 Å². The van der Waals surface area contributed by atoms with E-state index in [1.165, 1.54) is 0 Å². The largest absolute Gasteiger partial charge is 0.488 e. The molecule has 24 heavy (non-hydrogen) atoms. The predicted molar refractivity (Wildman–Crippen MR) is 91.1 cm³/mol. The topological polar surface area (TPSA) is 71.7 Å². The van der Waals surface area contributed by atoms with Gasteiger partial charge in [0.25, 0.3) is 0 Å². The summed E-state index contributed by atoms with van der Waals surface area (Å²) in [5.74, 6) is 2.03. The number of anilines is 1. The van der Waals surface area contributed by atoms with E-state index in [-0.39, 0.29) is 18.4 Å². The minimum Gasteiger partial charge on any atom is -0.488 e. The first-order valence-corrected chi connectivity index (χ1v) is 8.40. The molecule has 2 atom stereocenters. The van der Waals surface area contributed by atoms with Gasteiger partial charge in [0.1, 0.15) is 23.4 Å². The monoisotopic (exact) mass is 329 g/mol. The maximum atomic E-state index is 12.0. The first kappa shape index (κ1) is 16.6. The van der Waals surface area contributed by atoms with Gasteiger partial charge in [-0.2, -0.15) is 0 Å². The van der Waals surface area contributed by atoms with Gasteiger partial charge in [-0.25, -0.2) is 0 Å². The van der Waals surface area contributed by atoms with Crippen LogP contribution in [0.15, 0.2) is 40.8 Å². The molecule has 2 aromatic rings. The van der Waals surface area contributed by atoms with Gasteiger partial charge in [0, 0.05) is 5.69 Å². The zero-order valence-electron chi connectivity index (χ0n) is 13.8. The molecule has 0 aliphatic heterocycles. The van der Waals surface area contributed by atoms with Crippen LogP contribution in [0.5, 0.6) is 5.75 Å². The summed E-state index contributed by atoms with van der Waals surface area (Å²) >= 11 is 0. The fourth-order valence-electron chi connectivity index (χ4n) is 2.95. The number of aliphatic hydroxyl groups excluding tert-OH is 1. The van der Waals surface area contributed by atoms with Gasteiger partial charge in [-0.05, 0) is 62.6 Å². The highest BCUT2D eigenvalue weighted by Crippen LogP contribution is 2.25. The first-order chi connectivity index (χ1) is 11.6. The van der Waals surface area contributed by atoms with Crippen LogP contribution in [-0.2, 0) is 11.2 Å². The Morgan fingerprint density at radius 3 is 2.62 bits per heavy atom. The quantitative estimate of drug-likeness (QED) is 0.881. The molecule has 2 N–H and O–H groups in total. The summed E-state index contributed by atoms with van der Waals surface area (Å²) in [4.78, 5) is 12.0. The SMILES string of the molecule is Cc1ccc(CC(=O)Nc2ccc(O[C@@H]3CCCC[C@@H]3O)cc2)o1. The fourth-order valence-corrected chi connectivity index (χ4v) is 2.95. The highest BCUT2D eigenvalue weighted by Gasteiger charge is 2.24. The van der Waals surface area contributed by atoms with Crippen molar-refractivity contribution in [3.05, 3.63) is 47.9 Å². The molecule has 1 aromatic heterocycles. The van der Waals surface area contributed by atoms with Crippen molar-refractivity contribution in [3.8, 4) is 5.75 Å². The second-order valence-corrected chi connectivity index (χ2v) is 6.27. The average molecular weight is 329 g/mol. The van der Waals surface area contributed by atoms with Gasteiger partial charge in [-0.1, -0.05) is 6.42 Å². The molecule has 3 rings (SSSR count). The normalized spacial score (nSPS) is 20.6. The van der Waals surface area contributed by atoms with Crippen LogP contribution in [0.1, 0.15) is 37.2 Å². The molecule has 5 nitrogen and oxygen atoms in total. The lowest BCUT2D eigenvalue weighted by Crippen LogP contribution is -2.34. The van der Waals surface area contributed by atoms with E-state index in [0.29, 0.717) is 17.2 Å². The van der Waals surface area contributed by atoms with E-state index in [4.69, 9.17) is 9.15 Å². The Morgan fingerprint density at radius 1 is 1.21 bits per heavy atom. The maximum absolute atomic E-state index is 12.0. The minimum atomic E-state index is -0.394. The lowest BCUT2D eigenvalue weighted by atomic mass is 9.95. The number of rotatable bonds is 5. The van der Waals surface area contributed by atoms with Crippen molar-refractivity contribution in [1.82, 2.24) is 0 Å². The number of aryl methyl sites for hydroxylation is 1. The lowest BCUT2D eigenvalue weighted by molar-refractivity contribution is -0.115. The van der Waals surface area contributed by atoms with Gasteiger partial charge < -0.3 is 19.6 Å². The molecule has 1 aliphatic rings. The molecular weight excluding hydrogens is 306 g/mol. The van der Waals surface area contributed by atoms with E-state index in [0.717, 1.165) is 31.4 Å². The second kappa shape index (κ2) is 7.53. The van der Waals surface area contributed by atoms with Crippen molar-refractivity contribution in [1.29, 1.82) is 0 Å². The van der Waals surface area contributed by atoms with Crippen LogP contribution in [0.4, 0.5) is 5.69 Å². The van der Waals surface area contributed by atoms with Gasteiger partial charge in [0.05, 0.1) is 12.5 Å². The molecule has 5 heteroatoms. The number of carbonyl (C=O) groups is 1. The summed E-state index contributed by atoms with van der Waals surface area (Å²) in [5.41, 5.74) is 0.708. The number of aliphatic hydroxyl groups is 1. The number of amides is 1. The number of furan rings is 1. The average Bonchev–Trinajstić information content (AvgIpc) is 2.96. The van der Waals surface area contributed by atoms with Crippen molar-refractivity contribution in [2.24, 2.45) is 0 Å². The standard InChI is InChI=1S/C19H23NO4/c1-13-6-9-16(23-13)12-19(22)20-14-7-10-15(11-8-14)24-18-5-3-2-4-17(18)21/h6-11,17-18,21H,2-5,12H2,1H3,(H,20,22)/t17-,18+/m0/s1. The Kier molecular flexibility index (Phi) is 5.20. The van der Waals surface area contributed by atoms with E-state index in [1.807, 2.05) is 25.1 Å². The number of carbonyl (C=O) groups excluding carboxylic acids is 1. The van der Waals surface area contributed by atoms with Gasteiger partial charge in [0.2, 0.25) is 5.91 Å². The summed E-state index contributed by atoms with van der Waals surface area (Å²) in [6, 6.07) is 10.9.